The maximum atomic E-state index is 11.3. The Morgan fingerprint density at radius 2 is 2.41 bits per heavy atom. The summed E-state index contributed by atoms with van der Waals surface area (Å²) in [6.07, 6.45) is 2.79. The number of amides is 1. The third-order valence-electron chi connectivity index (χ3n) is 3.75. The van der Waals surface area contributed by atoms with Crippen molar-refractivity contribution >= 4 is 5.91 Å². The molecule has 2 rings (SSSR count). The van der Waals surface area contributed by atoms with Crippen LogP contribution in [0.1, 0.15) is 19.8 Å². The molecule has 2 aliphatic heterocycles. The zero-order valence-corrected chi connectivity index (χ0v) is 10.7. The summed E-state index contributed by atoms with van der Waals surface area (Å²) >= 11 is 0. The lowest BCUT2D eigenvalue weighted by Crippen LogP contribution is -2.51. The molecule has 98 valence electrons. The number of morpholine rings is 1. The molecule has 3 unspecified atom stereocenters. The van der Waals surface area contributed by atoms with Gasteiger partial charge in [0.2, 0.25) is 5.91 Å². The lowest BCUT2D eigenvalue weighted by atomic mass is 10.2. The fraction of sp³-hybridized carbons (Fsp3) is 0.917. The van der Waals surface area contributed by atoms with Gasteiger partial charge in [-0.2, -0.15) is 0 Å². The first-order valence-corrected chi connectivity index (χ1v) is 6.51. The maximum Gasteiger partial charge on any atom is 0.236 e. The summed E-state index contributed by atoms with van der Waals surface area (Å²) in [7, 11) is 1.66. The smallest absolute Gasteiger partial charge is 0.236 e. The zero-order valence-electron chi connectivity index (χ0n) is 10.7. The number of nitrogens with one attached hydrogen (secondary N) is 2. The number of carbonyl (C=O) groups is 1. The molecule has 0 radical (unpaired) electrons. The molecule has 2 heterocycles. The first-order chi connectivity index (χ1) is 8.20. The summed E-state index contributed by atoms with van der Waals surface area (Å²) in [4.78, 5) is 13.9. The zero-order chi connectivity index (χ0) is 12.3. The third-order valence-corrected chi connectivity index (χ3v) is 3.75. The molecule has 0 aromatic heterocycles. The minimum absolute atomic E-state index is 0.0276. The van der Waals surface area contributed by atoms with Gasteiger partial charge in [-0.05, 0) is 26.3 Å². The molecule has 0 aliphatic carbocycles. The third kappa shape index (κ3) is 3.18. The molecule has 2 N–H and O–H groups in total. The Labute approximate surface area is 103 Å². The number of fused-ring (bicyclic) bond motifs is 1. The number of carbonyl (C=O) groups excluding carboxylic acids is 1. The summed E-state index contributed by atoms with van der Waals surface area (Å²) in [6, 6.07) is 0.488. The van der Waals surface area contributed by atoms with E-state index in [0.717, 1.165) is 19.7 Å². The largest absolute Gasteiger partial charge is 0.374 e. The quantitative estimate of drug-likeness (QED) is 0.701. The predicted octanol–water partition coefficient (Wildman–Crippen LogP) is -0.426. The topological polar surface area (TPSA) is 53.6 Å². The van der Waals surface area contributed by atoms with Gasteiger partial charge >= 0.3 is 0 Å². The molecule has 0 bridgehead atoms. The van der Waals surface area contributed by atoms with Crippen molar-refractivity contribution in [2.24, 2.45) is 0 Å². The second-order valence-corrected chi connectivity index (χ2v) is 4.99. The Bertz CT molecular complexity index is 272. The van der Waals surface area contributed by atoms with E-state index in [1.807, 2.05) is 6.92 Å². The molecule has 5 heteroatoms. The number of hydrogen-bond acceptors (Lipinski definition) is 4. The highest BCUT2D eigenvalue weighted by Crippen LogP contribution is 2.22. The number of hydrogen-bond donors (Lipinski definition) is 2. The highest BCUT2D eigenvalue weighted by molar-refractivity contribution is 5.80. The van der Waals surface area contributed by atoms with Crippen LogP contribution in [0.15, 0.2) is 0 Å². The highest BCUT2D eigenvalue weighted by atomic mass is 16.5. The van der Waals surface area contributed by atoms with Crippen molar-refractivity contribution in [1.82, 2.24) is 15.5 Å². The van der Waals surface area contributed by atoms with E-state index in [0.29, 0.717) is 6.04 Å². The van der Waals surface area contributed by atoms with E-state index in [-0.39, 0.29) is 18.1 Å². The van der Waals surface area contributed by atoms with Crippen molar-refractivity contribution in [1.29, 1.82) is 0 Å². The van der Waals surface area contributed by atoms with Crippen molar-refractivity contribution in [3.63, 3.8) is 0 Å². The van der Waals surface area contributed by atoms with E-state index >= 15 is 0 Å². The molecule has 0 saturated carbocycles. The molecule has 2 saturated heterocycles. The van der Waals surface area contributed by atoms with Crippen LogP contribution in [0.4, 0.5) is 0 Å². The predicted molar refractivity (Wildman–Crippen MR) is 65.9 cm³/mol. The summed E-state index contributed by atoms with van der Waals surface area (Å²) in [5, 5.41) is 5.86. The molecule has 17 heavy (non-hydrogen) atoms. The lowest BCUT2D eigenvalue weighted by molar-refractivity contribution is -0.122. The molecule has 2 aliphatic rings. The summed E-state index contributed by atoms with van der Waals surface area (Å²) in [5.41, 5.74) is 0. The van der Waals surface area contributed by atoms with E-state index in [1.54, 1.807) is 7.05 Å². The van der Waals surface area contributed by atoms with E-state index in [9.17, 15) is 4.79 Å². The highest BCUT2D eigenvalue weighted by Gasteiger charge is 2.32. The first kappa shape index (κ1) is 12.8. The van der Waals surface area contributed by atoms with Crippen LogP contribution < -0.4 is 10.6 Å². The average molecular weight is 241 g/mol. The first-order valence-electron chi connectivity index (χ1n) is 6.51. The Kier molecular flexibility index (Phi) is 4.36. The van der Waals surface area contributed by atoms with Crippen LogP contribution in [0.3, 0.4) is 0 Å². The van der Waals surface area contributed by atoms with Crippen LogP contribution in [0, 0.1) is 0 Å². The summed E-state index contributed by atoms with van der Waals surface area (Å²) in [6.45, 7) is 5.67. The monoisotopic (exact) mass is 241 g/mol. The molecule has 0 aromatic rings. The molecular formula is C12H23N3O2. The van der Waals surface area contributed by atoms with Gasteiger partial charge in [-0.15, -0.1) is 0 Å². The fourth-order valence-electron chi connectivity index (χ4n) is 2.63. The molecule has 0 aromatic carbocycles. The van der Waals surface area contributed by atoms with E-state index in [1.165, 1.54) is 19.4 Å². The number of likely N-dealkylation sites (N-methyl/N-ethyl adjacent to an activating group) is 1. The van der Waals surface area contributed by atoms with E-state index in [2.05, 4.69) is 15.5 Å². The second-order valence-electron chi connectivity index (χ2n) is 4.99. The SMILES string of the molecule is CNC(=O)C(C)NCC1CN2CCCC2CO1. The average Bonchev–Trinajstić information content (AvgIpc) is 2.82. The summed E-state index contributed by atoms with van der Waals surface area (Å²) < 4.78 is 5.82. The minimum atomic E-state index is -0.153. The lowest BCUT2D eigenvalue weighted by Gasteiger charge is -2.35. The van der Waals surface area contributed by atoms with Gasteiger partial charge in [-0.25, -0.2) is 0 Å². The number of ether oxygens (including phenoxy) is 1. The van der Waals surface area contributed by atoms with Crippen LogP contribution in [-0.4, -0.2) is 62.3 Å². The molecule has 1 amide bonds. The van der Waals surface area contributed by atoms with Gasteiger partial charge < -0.3 is 15.4 Å². The van der Waals surface area contributed by atoms with Crippen molar-refractivity contribution < 1.29 is 9.53 Å². The number of nitrogens with zero attached hydrogens (tertiary/aromatic N) is 1. The maximum absolute atomic E-state index is 11.3. The van der Waals surface area contributed by atoms with Crippen LogP contribution in [0.25, 0.3) is 0 Å². The van der Waals surface area contributed by atoms with Gasteiger partial charge in [0.1, 0.15) is 0 Å². The Morgan fingerprint density at radius 3 is 3.18 bits per heavy atom. The van der Waals surface area contributed by atoms with Crippen molar-refractivity contribution in [3.8, 4) is 0 Å². The minimum Gasteiger partial charge on any atom is -0.374 e. The van der Waals surface area contributed by atoms with Gasteiger partial charge in [-0.3, -0.25) is 9.69 Å². The van der Waals surface area contributed by atoms with Gasteiger partial charge in [0.15, 0.2) is 0 Å². The van der Waals surface area contributed by atoms with Crippen LogP contribution in [-0.2, 0) is 9.53 Å². The van der Waals surface area contributed by atoms with Crippen molar-refractivity contribution in [3.05, 3.63) is 0 Å². The van der Waals surface area contributed by atoms with Crippen LogP contribution >= 0.6 is 0 Å². The Balaban J connectivity index is 1.71. The Hall–Kier alpha value is -0.650. The van der Waals surface area contributed by atoms with E-state index in [4.69, 9.17) is 4.74 Å². The summed E-state index contributed by atoms with van der Waals surface area (Å²) in [5.74, 6) is 0.0276. The number of rotatable bonds is 4. The van der Waals surface area contributed by atoms with Gasteiger partial charge in [0, 0.05) is 26.2 Å². The molecular weight excluding hydrogens is 218 g/mol. The molecule has 2 fully saturated rings. The molecule has 0 spiro atoms. The molecule has 5 nitrogen and oxygen atoms in total. The normalized spacial score (nSPS) is 30.9. The Morgan fingerprint density at radius 1 is 1.59 bits per heavy atom. The van der Waals surface area contributed by atoms with Gasteiger partial charge in [0.05, 0.1) is 18.8 Å². The van der Waals surface area contributed by atoms with Gasteiger partial charge in [-0.1, -0.05) is 0 Å². The van der Waals surface area contributed by atoms with E-state index < -0.39 is 0 Å². The van der Waals surface area contributed by atoms with Gasteiger partial charge in [0.25, 0.3) is 0 Å². The van der Waals surface area contributed by atoms with Crippen molar-refractivity contribution in [2.45, 2.75) is 38.0 Å². The standard InChI is InChI=1S/C12H23N3O2/c1-9(12(16)13-2)14-6-11-7-15-5-3-4-10(15)8-17-11/h9-11,14H,3-8H2,1-2H3,(H,13,16). The fourth-order valence-corrected chi connectivity index (χ4v) is 2.63. The van der Waals surface area contributed by atoms with Crippen LogP contribution in [0.5, 0.6) is 0 Å². The van der Waals surface area contributed by atoms with Crippen LogP contribution in [0.2, 0.25) is 0 Å². The molecule has 3 atom stereocenters. The second kappa shape index (κ2) is 5.80. The van der Waals surface area contributed by atoms with Crippen molar-refractivity contribution in [2.75, 3.05) is 33.3 Å².